The molecule has 1 aromatic carbocycles. The largest absolute Gasteiger partial charge is 0.369 e. The van der Waals surface area contributed by atoms with E-state index in [9.17, 15) is 9.18 Å². The molecule has 0 spiro atoms. The highest BCUT2D eigenvalue weighted by molar-refractivity contribution is 5.56. The molecule has 140 valence electrons. The van der Waals surface area contributed by atoms with E-state index in [0.717, 1.165) is 22.6 Å². The van der Waals surface area contributed by atoms with Crippen LogP contribution in [0.5, 0.6) is 0 Å². The quantitative estimate of drug-likeness (QED) is 0.694. The maximum absolute atomic E-state index is 13.1. The van der Waals surface area contributed by atoms with Crippen LogP contribution in [0.15, 0.2) is 53.5 Å². The van der Waals surface area contributed by atoms with Gasteiger partial charge >= 0.3 is 0 Å². The van der Waals surface area contributed by atoms with Gasteiger partial charge in [-0.05, 0) is 36.2 Å². The van der Waals surface area contributed by atoms with Crippen molar-refractivity contribution in [1.29, 1.82) is 0 Å². The molecule has 27 heavy (non-hydrogen) atoms. The first-order chi connectivity index (χ1) is 12.9. The minimum atomic E-state index is -0.237. The predicted molar refractivity (Wildman–Crippen MR) is 105 cm³/mol. The smallest absolute Gasteiger partial charge is 0.251 e. The Morgan fingerprint density at radius 1 is 1.15 bits per heavy atom. The molecule has 2 N–H and O–H groups in total. The number of nitrogens with zero attached hydrogens (tertiary/aromatic N) is 2. The Kier molecular flexibility index (Phi) is 5.35. The summed E-state index contributed by atoms with van der Waals surface area (Å²) in [5.41, 5.74) is 2.20. The molecular weight excluding hydrogens is 343 g/mol. The molecule has 0 saturated heterocycles. The van der Waals surface area contributed by atoms with Crippen LogP contribution in [0.2, 0.25) is 0 Å². The molecule has 0 unspecified atom stereocenters. The van der Waals surface area contributed by atoms with Crippen LogP contribution in [-0.4, -0.2) is 21.5 Å². The molecule has 3 aromatic rings. The Labute approximate surface area is 157 Å². The Balaban J connectivity index is 1.71. The van der Waals surface area contributed by atoms with Crippen LogP contribution < -0.4 is 10.9 Å². The molecule has 2 aromatic heterocycles. The number of H-pyrrole nitrogens is 1. The number of hydrogen-bond donors (Lipinski definition) is 2. The Bertz CT molecular complexity index is 963. The van der Waals surface area contributed by atoms with Crippen molar-refractivity contribution in [3.05, 3.63) is 76.1 Å². The fourth-order valence-electron chi connectivity index (χ4n) is 2.78. The zero-order valence-corrected chi connectivity index (χ0v) is 15.7. The van der Waals surface area contributed by atoms with Crippen LogP contribution in [0.4, 0.5) is 10.2 Å². The standard InChI is InChI=1S/C21H23FN4O/c1-4-17-11-19(27)26-20(25-17)14-5-10-18(23-12-14)24-13-21(2,3)15-6-8-16(22)9-7-15/h5-12H,4,13H2,1-3H3,(H,23,24)(H,25,26,27). The summed E-state index contributed by atoms with van der Waals surface area (Å²) in [4.78, 5) is 23.3. The maximum atomic E-state index is 13.1. The maximum Gasteiger partial charge on any atom is 0.251 e. The van der Waals surface area contributed by atoms with Crippen molar-refractivity contribution in [3.8, 4) is 11.4 Å². The van der Waals surface area contributed by atoms with Gasteiger partial charge < -0.3 is 10.3 Å². The number of benzene rings is 1. The van der Waals surface area contributed by atoms with E-state index in [-0.39, 0.29) is 16.8 Å². The molecule has 0 aliphatic rings. The molecule has 2 heterocycles. The number of rotatable bonds is 6. The van der Waals surface area contributed by atoms with Gasteiger partial charge in [0.1, 0.15) is 17.5 Å². The van der Waals surface area contributed by atoms with E-state index in [2.05, 4.69) is 34.1 Å². The van der Waals surface area contributed by atoms with E-state index in [0.29, 0.717) is 18.8 Å². The number of pyridine rings is 1. The minimum absolute atomic E-state index is 0.167. The van der Waals surface area contributed by atoms with Crippen LogP contribution in [0.25, 0.3) is 11.4 Å². The van der Waals surface area contributed by atoms with Gasteiger partial charge in [-0.15, -0.1) is 0 Å². The van der Waals surface area contributed by atoms with E-state index in [1.165, 1.54) is 18.2 Å². The number of hydrogen-bond acceptors (Lipinski definition) is 4. The zero-order chi connectivity index (χ0) is 19.4. The van der Waals surface area contributed by atoms with Crippen molar-refractivity contribution in [2.75, 3.05) is 11.9 Å². The van der Waals surface area contributed by atoms with Crippen LogP contribution in [0.1, 0.15) is 32.0 Å². The summed E-state index contributed by atoms with van der Waals surface area (Å²) in [6.07, 6.45) is 2.38. The Morgan fingerprint density at radius 3 is 2.52 bits per heavy atom. The normalized spacial score (nSPS) is 11.4. The van der Waals surface area contributed by atoms with Gasteiger partial charge in [-0.2, -0.15) is 0 Å². The predicted octanol–water partition coefficient (Wildman–Crippen LogP) is 3.92. The lowest BCUT2D eigenvalue weighted by Crippen LogP contribution is -2.27. The third kappa shape index (κ3) is 4.58. The van der Waals surface area contributed by atoms with Gasteiger partial charge in [-0.1, -0.05) is 32.9 Å². The van der Waals surface area contributed by atoms with Crippen molar-refractivity contribution in [3.63, 3.8) is 0 Å². The number of aryl methyl sites for hydroxylation is 1. The highest BCUT2D eigenvalue weighted by atomic mass is 19.1. The van der Waals surface area contributed by atoms with Crippen LogP contribution in [0.3, 0.4) is 0 Å². The van der Waals surface area contributed by atoms with Crippen molar-refractivity contribution in [2.45, 2.75) is 32.6 Å². The number of halogens is 1. The average Bonchev–Trinajstić information content (AvgIpc) is 2.66. The van der Waals surface area contributed by atoms with Gasteiger partial charge in [-0.25, -0.2) is 14.4 Å². The summed E-state index contributed by atoms with van der Waals surface area (Å²) in [5.74, 6) is 1.01. The second-order valence-electron chi connectivity index (χ2n) is 7.12. The van der Waals surface area contributed by atoms with Crippen molar-refractivity contribution in [2.24, 2.45) is 0 Å². The average molecular weight is 366 g/mol. The van der Waals surface area contributed by atoms with Gasteiger partial charge in [-0.3, -0.25) is 4.79 Å². The Morgan fingerprint density at radius 2 is 1.89 bits per heavy atom. The molecule has 0 fully saturated rings. The second kappa shape index (κ2) is 7.70. The van der Waals surface area contributed by atoms with Gasteiger partial charge in [0, 0.05) is 35.5 Å². The summed E-state index contributed by atoms with van der Waals surface area (Å²) in [5, 5.41) is 3.31. The summed E-state index contributed by atoms with van der Waals surface area (Å²) >= 11 is 0. The molecule has 0 saturated carbocycles. The SMILES string of the molecule is CCc1cc(=O)[nH]c(-c2ccc(NCC(C)(C)c3ccc(F)cc3)nc2)n1. The summed E-state index contributed by atoms with van der Waals surface area (Å²) in [6.45, 7) is 6.78. The molecule has 0 bridgehead atoms. The monoisotopic (exact) mass is 366 g/mol. The number of anilines is 1. The number of aromatic nitrogens is 3. The van der Waals surface area contributed by atoms with Gasteiger partial charge in [0.25, 0.3) is 5.56 Å². The van der Waals surface area contributed by atoms with E-state index < -0.39 is 0 Å². The summed E-state index contributed by atoms with van der Waals surface area (Å²) in [6, 6.07) is 11.8. The lowest BCUT2D eigenvalue weighted by molar-refractivity contribution is 0.552. The molecule has 0 radical (unpaired) electrons. The van der Waals surface area contributed by atoms with Crippen molar-refractivity contribution < 1.29 is 4.39 Å². The molecule has 3 rings (SSSR count). The fraction of sp³-hybridized carbons (Fsp3) is 0.286. The molecule has 0 atom stereocenters. The van der Waals surface area contributed by atoms with Gasteiger partial charge in [0.05, 0.1) is 0 Å². The lowest BCUT2D eigenvalue weighted by Gasteiger charge is -2.26. The molecule has 6 heteroatoms. The van der Waals surface area contributed by atoms with E-state index >= 15 is 0 Å². The van der Waals surface area contributed by atoms with Gasteiger partial charge in [0.15, 0.2) is 0 Å². The van der Waals surface area contributed by atoms with Crippen molar-refractivity contribution >= 4 is 5.82 Å². The highest BCUT2D eigenvalue weighted by Gasteiger charge is 2.20. The van der Waals surface area contributed by atoms with Crippen LogP contribution in [0, 0.1) is 5.82 Å². The van der Waals surface area contributed by atoms with Crippen LogP contribution in [-0.2, 0) is 11.8 Å². The van der Waals surface area contributed by atoms with Gasteiger partial charge in [0.2, 0.25) is 0 Å². The molecule has 0 amide bonds. The number of nitrogens with one attached hydrogen (secondary N) is 2. The summed E-state index contributed by atoms with van der Waals surface area (Å²) < 4.78 is 13.1. The number of aromatic amines is 1. The highest BCUT2D eigenvalue weighted by Crippen LogP contribution is 2.24. The first kappa shape index (κ1) is 18.8. The third-order valence-corrected chi connectivity index (χ3v) is 4.53. The van der Waals surface area contributed by atoms with Crippen LogP contribution >= 0.6 is 0 Å². The van der Waals surface area contributed by atoms with Crippen molar-refractivity contribution in [1.82, 2.24) is 15.0 Å². The molecular formula is C21H23FN4O. The summed E-state index contributed by atoms with van der Waals surface area (Å²) in [7, 11) is 0. The molecule has 0 aliphatic carbocycles. The Hall–Kier alpha value is -3.02. The molecule has 5 nitrogen and oxygen atoms in total. The first-order valence-electron chi connectivity index (χ1n) is 8.94. The third-order valence-electron chi connectivity index (χ3n) is 4.53. The van der Waals surface area contributed by atoms with E-state index in [1.54, 1.807) is 18.3 Å². The van der Waals surface area contributed by atoms with E-state index in [4.69, 9.17) is 0 Å². The zero-order valence-electron chi connectivity index (χ0n) is 15.7. The lowest BCUT2D eigenvalue weighted by atomic mass is 9.84. The first-order valence-corrected chi connectivity index (χ1v) is 8.94. The van der Waals surface area contributed by atoms with E-state index in [1.807, 2.05) is 19.1 Å². The topological polar surface area (TPSA) is 70.7 Å². The second-order valence-corrected chi connectivity index (χ2v) is 7.12. The minimum Gasteiger partial charge on any atom is -0.369 e. The fourth-order valence-corrected chi connectivity index (χ4v) is 2.78. The molecule has 0 aliphatic heterocycles.